The number of hydrogen-bond acceptors (Lipinski definition) is 4. The summed E-state index contributed by atoms with van der Waals surface area (Å²) < 4.78 is 5.20. The summed E-state index contributed by atoms with van der Waals surface area (Å²) in [6, 6.07) is 5.83. The van der Waals surface area contributed by atoms with Crippen LogP contribution in [0.5, 0.6) is 5.75 Å². The number of piperidine rings is 1. The van der Waals surface area contributed by atoms with Gasteiger partial charge in [-0.05, 0) is 43.0 Å². The van der Waals surface area contributed by atoms with E-state index in [1.807, 2.05) is 18.2 Å². The molecule has 2 atom stereocenters. The number of methoxy groups -OCH3 is 1. The Labute approximate surface area is 102 Å². The quantitative estimate of drug-likeness (QED) is 0.679. The number of anilines is 1. The van der Waals surface area contributed by atoms with Crippen molar-refractivity contribution < 1.29 is 9.84 Å². The maximum Gasteiger partial charge on any atom is 0.142 e. The Hall–Kier alpha value is -1.26. The monoisotopic (exact) mass is 236 g/mol. The molecule has 1 aliphatic rings. The first-order valence-electron chi connectivity index (χ1n) is 6.02. The lowest BCUT2D eigenvalue weighted by molar-refractivity contribution is 0.0820. The molecule has 1 aliphatic heterocycles. The fourth-order valence-electron chi connectivity index (χ4n) is 2.32. The third-order valence-corrected chi connectivity index (χ3v) is 3.39. The minimum Gasteiger partial charge on any atom is -0.495 e. The van der Waals surface area contributed by atoms with Gasteiger partial charge in [-0.3, -0.25) is 0 Å². The highest BCUT2D eigenvalue weighted by Gasteiger charge is 2.23. The second-order valence-electron chi connectivity index (χ2n) is 4.60. The maximum absolute atomic E-state index is 9.89. The van der Waals surface area contributed by atoms with Crippen LogP contribution in [0.1, 0.15) is 12.0 Å². The Morgan fingerprint density at radius 3 is 3.06 bits per heavy atom. The maximum atomic E-state index is 9.89. The normalized spacial score (nSPS) is 24.6. The largest absolute Gasteiger partial charge is 0.495 e. The van der Waals surface area contributed by atoms with E-state index in [9.17, 15) is 5.11 Å². The number of nitrogen functional groups attached to an aromatic ring is 1. The molecule has 1 heterocycles. The van der Waals surface area contributed by atoms with Crippen LogP contribution in [0.2, 0.25) is 0 Å². The van der Waals surface area contributed by atoms with Crippen LogP contribution in [0.25, 0.3) is 0 Å². The Balaban J connectivity index is 2.07. The molecule has 1 saturated heterocycles. The van der Waals surface area contributed by atoms with Crippen molar-refractivity contribution in [2.45, 2.75) is 18.9 Å². The standard InChI is InChI=1S/C13H20N2O2/c1-17-13-7-9(2-3-11(13)14)6-10-4-5-15-8-12(10)16/h2-3,7,10,12,15-16H,4-6,8,14H2,1H3. The summed E-state index contributed by atoms with van der Waals surface area (Å²) in [5.41, 5.74) is 7.60. The van der Waals surface area contributed by atoms with E-state index in [2.05, 4.69) is 5.32 Å². The van der Waals surface area contributed by atoms with Gasteiger partial charge < -0.3 is 20.9 Å². The van der Waals surface area contributed by atoms with Crippen molar-refractivity contribution in [2.24, 2.45) is 5.92 Å². The van der Waals surface area contributed by atoms with Gasteiger partial charge in [0.2, 0.25) is 0 Å². The molecule has 4 heteroatoms. The lowest BCUT2D eigenvalue weighted by Crippen LogP contribution is -2.41. The number of hydrogen-bond donors (Lipinski definition) is 3. The molecule has 0 spiro atoms. The van der Waals surface area contributed by atoms with Crippen LogP contribution in [0.4, 0.5) is 5.69 Å². The van der Waals surface area contributed by atoms with Gasteiger partial charge in [-0.1, -0.05) is 6.07 Å². The number of ether oxygens (including phenoxy) is 1. The van der Waals surface area contributed by atoms with E-state index in [0.717, 1.165) is 19.4 Å². The number of nitrogens with one attached hydrogen (secondary N) is 1. The van der Waals surface area contributed by atoms with Gasteiger partial charge in [-0.15, -0.1) is 0 Å². The second kappa shape index (κ2) is 5.38. The predicted octanol–water partition coefficient (Wildman–Crippen LogP) is 0.790. The molecule has 2 rings (SSSR count). The fourth-order valence-corrected chi connectivity index (χ4v) is 2.32. The molecular formula is C13H20N2O2. The van der Waals surface area contributed by atoms with Gasteiger partial charge in [0, 0.05) is 6.54 Å². The van der Waals surface area contributed by atoms with Crippen molar-refractivity contribution in [3.05, 3.63) is 23.8 Å². The van der Waals surface area contributed by atoms with E-state index in [0.29, 0.717) is 23.9 Å². The van der Waals surface area contributed by atoms with E-state index in [1.165, 1.54) is 5.56 Å². The first kappa shape index (κ1) is 12.2. The Bertz CT molecular complexity index is 382. The summed E-state index contributed by atoms with van der Waals surface area (Å²) in [5, 5.41) is 13.1. The van der Waals surface area contributed by atoms with Crippen molar-refractivity contribution in [3.63, 3.8) is 0 Å². The molecule has 0 bridgehead atoms. The number of benzene rings is 1. The SMILES string of the molecule is COc1cc(CC2CCNCC2O)ccc1N. The minimum atomic E-state index is -0.257. The first-order valence-corrected chi connectivity index (χ1v) is 6.02. The first-order chi connectivity index (χ1) is 8.20. The molecule has 1 fully saturated rings. The molecule has 2 unspecified atom stereocenters. The summed E-state index contributed by atoms with van der Waals surface area (Å²) in [4.78, 5) is 0. The smallest absolute Gasteiger partial charge is 0.142 e. The summed E-state index contributed by atoms with van der Waals surface area (Å²) in [7, 11) is 1.62. The molecule has 0 radical (unpaired) electrons. The van der Waals surface area contributed by atoms with Gasteiger partial charge in [0.25, 0.3) is 0 Å². The number of aliphatic hydroxyl groups excluding tert-OH is 1. The van der Waals surface area contributed by atoms with Crippen molar-refractivity contribution >= 4 is 5.69 Å². The van der Waals surface area contributed by atoms with Crippen LogP contribution in [0.15, 0.2) is 18.2 Å². The number of nitrogens with two attached hydrogens (primary N) is 1. The zero-order valence-corrected chi connectivity index (χ0v) is 10.1. The third-order valence-electron chi connectivity index (χ3n) is 3.39. The molecule has 4 N–H and O–H groups in total. The molecule has 0 aromatic heterocycles. The lowest BCUT2D eigenvalue weighted by Gasteiger charge is -2.28. The highest BCUT2D eigenvalue weighted by atomic mass is 16.5. The van der Waals surface area contributed by atoms with Crippen LogP contribution in [0, 0.1) is 5.92 Å². The van der Waals surface area contributed by atoms with Crippen molar-refractivity contribution in [1.82, 2.24) is 5.32 Å². The van der Waals surface area contributed by atoms with E-state index >= 15 is 0 Å². The zero-order valence-electron chi connectivity index (χ0n) is 10.1. The fraction of sp³-hybridized carbons (Fsp3) is 0.538. The van der Waals surface area contributed by atoms with E-state index in [1.54, 1.807) is 7.11 Å². The number of aliphatic hydroxyl groups is 1. The summed E-state index contributed by atoms with van der Waals surface area (Å²) in [6.45, 7) is 1.67. The zero-order chi connectivity index (χ0) is 12.3. The average molecular weight is 236 g/mol. The van der Waals surface area contributed by atoms with Crippen LogP contribution in [-0.4, -0.2) is 31.4 Å². The average Bonchev–Trinajstić information content (AvgIpc) is 2.34. The van der Waals surface area contributed by atoms with Gasteiger partial charge >= 0.3 is 0 Å². The van der Waals surface area contributed by atoms with Gasteiger partial charge in [0.15, 0.2) is 0 Å². The van der Waals surface area contributed by atoms with Crippen molar-refractivity contribution in [2.75, 3.05) is 25.9 Å². The number of β-amino-alcohol motifs (C(OH)–C–C–N with tert-alkyl or cyclic N) is 1. The molecule has 17 heavy (non-hydrogen) atoms. The van der Waals surface area contributed by atoms with Crippen LogP contribution in [0.3, 0.4) is 0 Å². The molecule has 0 amide bonds. The summed E-state index contributed by atoms with van der Waals surface area (Å²) in [6.07, 6.45) is 1.63. The van der Waals surface area contributed by atoms with Gasteiger partial charge in [0.05, 0.1) is 18.9 Å². The summed E-state index contributed by atoms with van der Waals surface area (Å²) >= 11 is 0. The Morgan fingerprint density at radius 1 is 1.53 bits per heavy atom. The third kappa shape index (κ3) is 2.90. The molecule has 0 aliphatic carbocycles. The van der Waals surface area contributed by atoms with Gasteiger partial charge in [-0.2, -0.15) is 0 Å². The van der Waals surface area contributed by atoms with Crippen molar-refractivity contribution in [1.29, 1.82) is 0 Å². The highest BCUT2D eigenvalue weighted by molar-refractivity contribution is 5.53. The van der Waals surface area contributed by atoms with Crippen LogP contribution < -0.4 is 15.8 Å². The number of rotatable bonds is 3. The molecule has 4 nitrogen and oxygen atoms in total. The van der Waals surface area contributed by atoms with E-state index in [4.69, 9.17) is 10.5 Å². The molecule has 1 aromatic rings. The van der Waals surface area contributed by atoms with Gasteiger partial charge in [-0.25, -0.2) is 0 Å². The van der Waals surface area contributed by atoms with Crippen molar-refractivity contribution in [3.8, 4) is 5.75 Å². The van der Waals surface area contributed by atoms with E-state index in [-0.39, 0.29) is 6.10 Å². The molecule has 94 valence electrons. The lowest BCUT2D eigenvalue weighted by atomic mass is 9.88. The minimum absolute atomic E-state index is 0.257. The highest BCUT2D eigenvalue weighted by Crippen LogP contribution is 2.25. The predicted molar refractivity (Wildman–Crippen MR) is 68.1 cm³/mol. The Kier molecular flexibility index (Phi) is 3.86. The van der Waals surface area contributed by atoms with Crippen LogP contribution in [-0.2, 0) is 6.42 Å². The second-order valence-corrected chi connectivity index (χ2v) is 4.60. The topological polar surface area (TPSA) is 67.5 Å². The van der Waals surface area contributed by atoms with Crippen LogP contribution >= 0.6 is 0 Å². The molecule has 1 aromatic carbocycles. The van der Waals surface area contributed by atoms with Gasteiger partial charge in [0.1, 0.15) is 5.75 Å². The van der Waals surface area contributed by atoms with E-state index < -0.39 is 0 Å². The molecular weight excluding hydrogens is 216 g/mol. The molecule has 0 saturated carbocycles. The summed E-state index contributed by atoms with van der Waals surface area (Å²) in [5.74, 6) is 1.04. The Morgan fingerprint density at radius 2 is 2.35 bits per heavy atom.